The van der Waals surface area contributed by atoms with Crippen LogP contribution in [-0.4, -0.2) is 43.9 Å². The summed E-state index contributed by atoms with van der Waals surface area (Å²) in [6.45, 7) is 6.15. The summed E-state index contributed by atoms with van der Waals surface area (Å²) in [4.78, 5) is 34.8. The van der Waals surface area contributed by atoms with E-state index in [9.17, 15) is 19.7 Å². The van der Waals surface area contributed by atoms with Crippen LogP contribution in [0.4, 0.5) is 11.4 Å². The fourth-order valence-corrected chi connectivity index (χ4v) is 3.96. The first-order chi connectivity index (χ1) is 17.1. The Hall–Kier alpha value is -3.93. The normalized spacial score (nSPS) is 10.8. The van der Waals surface area contributed by atoms with Crippen molar-refractivity contribution in [3.05, 3.63) is 69.5 Å². The molecule has 0 saturated heterocycles. The average molecular weight is 513 g/mol. The number of carbonyl (C=O) groups excluding carboxylic acids is 2. The van der Waals surface area contributed by atoms with Crippen molar-refractivity contribution < 1.29 is 19.2 Å². The average Bonchev–Trinajstić information content (AvgIpc) is 3.19. The van der Waals surface area contributed by atoms with Crippen molar-refractivity contribution in [2.75, 3.05) is 17.7 Å². The summed E-state index contributed by atoms with van der Waals surface area (Å²) in [5.74, 6) is 0.989. The fourth-order valence-electron chi connectivity index (χ4n) is 3.23. The number of benzene rings is 2. The first-order valence-electron chi connectivity index (χ1n) is 11.2. The summed E-state index contributed by atoms with van der Waals surface area (Å²) in [6.07, 6.45) is 0. The number of anilines is 1. The van der Waals surface area contributed by atoms with E-state index < -0.39 is 4.92 Å². The van der Waals surface area contributed by atoms with Gasteiger partial charge in [-0.25, -0.2) is 0 Å². The zero-order valence-corrected chi connectivity index (χ0v) is 21.3. The van der Waals surface area contributed by atoms with E-state index in [1.54, 1.807) is 11.6 Å². The number of thioether (sulfide) groups is 1. The number of carbonyl (C=O) groups is 2. The second kappa shape index (κ2) is 12.2. The zero-order chi connectivity index (χ0) is 26.2. The van der Waals surface area contributed by atoms with Crippen molar-refractivity contribution in [2.24, 2.45) is 7.05 Å². The topological polar surface area (TPSA) is 141 Å². The number of hydrogen-bond donors (Lipinski definition) is 2. The summed E-state index contributed by atoms with van der Waals surface area (Å²) in [5, 5.41) is 24.8. The number of ether oxygens (including phenoxy) is 1. The maximum atomic E-state index is 12.3. The molecule has 0 saturated carbocycles. The van der Waals surface area contributed by atoms with Crippen LogP contribution < -0.4 is 15.4 Å². The van der Waals surface area contributed by atoms with E-state index in [-0.39, 0.29) is 42.3 Å². The first-order valence-corrected chi connectivity index (χ1v) is 12.2. The minimum Gasteiger partial charge on any atom is -0.483 e. The third-order valence-electron chi connectivity index (χ3n) is 5.21. The number of aromatic nitrogens is 3. The van der Waals surface area contributed by atoms with Crippen LogP contribution in [-0.2, 0) is 23.2 Å². The van der Waals surface area contributed by atoms with Crippen molar-refractivity contribution in [3.63, 3.8) is 0 Å². The van der Waals surface area contributed by atoms with Gasteiger partial charge in [0.05, 0.1) is 17.2 Å². The third-order valence-corrected chi connectivity index (χ3v) is 6.23. The van der Waals surface area contributed by atoms with E-state index >= 15 is 0 Å². The Bertz CT molecular complexity index is 1240. The molecule has 3 aromatic rings. The molecule has 2 N–H and O–H groups in total. The van der Waals surface area contributed by atoms with Gasteiger partial charge in [0.15, 0.2) is 17.6 Å². The molecule has 0 aliphatic heterocycles. The lowest BCUT2D eigenvalue weighted by Crippen LogP contribution is -2.29. The molecular formula is C24H28N6O5S. The molecule has 0 aliphatic rings. The summed E-state index contributed by atoms with van der Waals surface area (Å²) < 4.78 is 7.46. The highest BCUT2D eigenvalue weighted by molar-refractivity contribution is 7.99. The summed E-state index contributed by atoms with van der Waals surface area (Å²) in [7, 11) is 1.75. The molecule has 3 rings (SSSR count). The smallest absolute Gasteiger partial charge is 0.269 e. The molecule has 11 nitrogen and oxygen atoms in total. The van der Waals surface area contributed by atoms with E-state index in [4.69, 9.17) is 4.74 Å². The van der Waals surface area contributed by atoms with Gasteiger partial charge in [0.25, 0.3) is 11.6 Å². The monoisotopic (exact) mass is 512 g/mol. The molecule has 0 fully saturated rings. The van der Waals surface area contributed by atoms with Crippen LogP contribution in [0.15, 0.2) is 47.6 Å². The Morgan fingerprint density at radius 2 is 1.86 bits per heavy atom. The minimum atomic E-state index is -0.505. The van der Waals surface area contributed by atoms with Crippen molar-refractivity contribution in [1.29, 1.82) is 0 Å². The van der Waals surface area contributed by atoms with Gasteiger partial charge in [-0.3, -0.25) is 19.7 Å². The second-order valence-corrected chi connectivity index (χ2v) is 9.30. The van der Waals surface area contributed by atoms with E-state index in [0.29, 0.717) is 22.4 Å². The quantitative estimate of drug-likeness (QED) is 0.226. The molecule has 0 aliphatic carbocycles. The van der Waals surface area contributed by atoms with Crippen LogP contribution in [0.3, 0.4) is 0 Å². The Balaban J connectivity index is 1.46. The SMILES string of the molecule is Cc1ccc(C(C)C)c(OCC(=O)NCc2nnc(SCC(=O)Nc3ccc([N+](=O)[O-])cc3)n2C)c1. The van der Waals surface area contributed by atoms with Gasteiger partial charge in [-0.2, -0.15) is 0 Å². The molecule has 36 heavy (non-hydrogen) atoms. The van der Waals surface area contributed by atoms with E-state index in [0.717, 1.165) is 11.1 Å². The number of nitrogens with one attached hydrogen (secondary N) is 2. The third kappa shape index (κ3) is 7.28. The number of nitro groups is 1. The lowest BCUT2D eigenvalue weighted by Gasteiger charge is -2.14. The predicted molar refractivity (Wildman–Crippen MR) is 136 cm³/mol. The Morgan fingerprint density at radius 3 is 2.53 bits per heavy atom. The van der Waals surface area contributed by atoms with Crippen LogP contribution in [0, 0.1) is 17.0 Å². The molecule has 12 heteroatoms. The standard InChI is InChI=1S/C24H28N6O5S/c1-15(2)19-10-5-16(3)11-20(19)35-13-22(31)25-12-21-27-28-24(29(21)4)36-14-23(32)26-17-6-8-18(9-7-17)30(33)34/h5-11,15H,12-14H2,1-4H3,(H,25,31)(H,26,32). The lowest BCUT2D eigenvalue weighted by molar-refractivity contribution is -0.384. The zero-order valence-electron chi connectivity index (χ0n) is 20.5. The van der Waals surface area contributed by atoms with Gasteiger partial charge in [-0.1, -0.05) is 37.7 Å². The number of amides is 2. The molecule has 1 aromatic heterocycles. The van der Waals surface area contributed by atoms with Gasteiger partial charge in [-0.15, -0.1) is 10.2 Å². The highest BCUT2D eigenvalue weighted by Crippen LogP contribution is 2.27. The van der Waals surface area contributed by atoms with Crippen LogP contribution in [0.5, 0.6) is 5.75 Å². The van der Waals surface area contributed by atoms with E-state index in [1.165, 1.54) is 36.0 Å². The van der Waals surface area contributed by atoms with Gasteiger partial charge in [0, 0.05) is 24.9 Å². The number of hydrogen-bond acceptors (Lipinski definition) is 8. The maximum Gasteiger partial charge on any atom is 0.269 e. The van der Waals surface area contributed by atoms with Crippen molar-refractivity contribution in [2.45, 2.75) is 38.4 Å². The molecule has 0 radical (unpaired) electrons. The van der Waals surface area contributed by atoms with Gasteiger partial charge in [-0.05, 0) is 42.2 Å². The number of nitrogens with zero attached hydrogens (tertiary/aromatic N) is 4. The van der Waals surface area contributed by atoms with Crippen molar-refractivity contribution >= 4 is 35.0 Å². The van der Waals surface area contributed by atoms with Crippen LogP contribution >= 0.6 is 11.8 Å². The van der Waals surface area contributed by atoms with Gasteiger partial charge < -0.3 is 19.9 Å². The van der Waals surface area contributed by atoms with Crippen LogP contribution in [0.2, 0.25) is 0 Å². The summed E-state index contributed by atoms with van der Waals surface area (Å²) in [5.41, 5.74) is 2.51. The Labute approximate surface area is 212 Å². The summed E-state index contributed by atoms with van der Waals surface area (Å²) >= 11 is 1.18. The van der Waals surface area contributed by atoms with E-state index in [1.807, 2.05) is 25.1 Å². The van der Waals surface area contributed by atoms with E-state index in [2.05, 4.69) is 34.7 Å². The highest BCUT2D eigenvalue weighted by Gasteiger charge is 2.14. The van der Waals surface area contributed by atoms with Crippen molar-refractivity contribution in [1.82, 2.24) is 20.1 Å². The van der Waals surface area contributed by atoms with Gasteiger partial charge in [0.1, 0.15) is 5.75 Å². The largest absolute Gasteiger partial charge is 0.483 e. The minimum absolute atomic E-state index is 0.0527. The number of non-ortho nitro benzene ring substituents is 1. The molecular weight excluding hydrogens is 484 g/mol. The van der Waals surface area contributed by atoms with Gasteiger partial charge in [0.2, 0.25) is 5.91 Å². The summed E-state index contributed by atoms with van der Waals surface area (Å²) in [6, 6.07) is 11.5. The molecule has 0 spiro atoms. The molecule has 1 heterocycles. The van der Waals surface area contributed by atoms with Crippen molar-refractivity contribution in [3.8, 4) is 5.75 Å². The van der Waals surface area contributed by atoms with Crippen LogP contribution in [0.25, 0.3) is 0 Å². The predicted octanol–water partition coefficient (Wildman–Crippen LogP) is 3.58. The Kier molecular flexibility index (Phi) is 9.01. The molecule has 2 amide bonds. The number of aryl methyl sites for hydroxylation is 1. The molecule has 0 atom stereocenters. The van der Waals surface area contributed by atoms with Gasteiger partial charge >= 0.3 is 0 Å². The molecule has 0 bridgehead atoms. The number of rotatable bonds is 11. The maximum absolute atomic E-state index is 12.3. The fraction of sp³-hybridized carbons (Fsp3) is 0.333. The van der Waals surface area contributed by atoms with Crippen LogP contribution in [0.1, 0.15) is 36.7 Å². The molecule has 2 aromatic carbocycles. The highest BCUT2D eigenvalue weighted by atomic mass is 32.2. The Morgan fingerprint density at radius 1 is 1.14 bits per heavy atom. The first kappa shape index (κ1) is 26.7. The molecule has 190 valence electrons. The molecule has 0 unspecified atom stereocenters. The second-order valence-electron chi connectivity index (χ2n) is 8.36. The lowest BCUT2D eigenvalue weighted by atomic mass is 10.0. The number of nitro benzene ring substituents is 1.